The average molecular weight is 334 g/mol. The monoisotopic (exact) mass is 333 g/mol. The third-order valence-electron chi connectivity index (χ3n) is 2.16. The van der Waals surface area contributed by atoms with Crippen LogP contribution < -0.4 is 5.32 Å². The maximum absolute atomic E-state index is 11.8. The smallest absolute Gasteiger partial charge is 0.307 e. The Hall–Kier alpha value is -0.880. The predicted octanol–water partition coefficient (Wildman–Crippen LogP) is 2.89. The van der Waals surface area contributed by atoms with Gasteiger partial charge in [-0.3, -0.25) is 9.59 Å². The van der Waals surface area contributed by atoms with E-state index in [1.165, 1.54) is 11.3 Å². The van der Waals surface area contributed by atoms with E-state index in [9.17, 15) is 9.59 Å². The van der Waals surface area contributed by atoms with Crippen molar-refractivity contribution in [3.8, 4) is 0 Å². The lowest BCUT2D eigenvalue weighted by atomic mass is 10.3. The fraction of sp³-hybridized carbons (Fsp3) is 0.500. The average Bonchev–Trinajstić information content (AvgIpc) is 2.78. The van der Waals surface area contributed by atoms with Crippen LogP contribution in [0.4, 0.5) is 0 Å². The topological polar surface area (TPSA) is 55.4 Å². The lowest BCUT2D eigenvalue weighted by molar-refractivity contribution is -0.142. The van der Waals surface area contributed by atoms with Crippen LogP contribution >= 0.6 is 27.3 Å². The lowest BCUT2D eigenvalue weighted by Gasteiger charge is -2.03. The number of alkyl halides is 1. The minimum absolute atomic E-state index is 0.149. The van der Waals surface area contributed by atoms with E-state index in [0.717, 1.165) is 4.88 Å². The number of thiophene rings is 1. The molecule has 1 rings (SSSR count). The van der Waals surface area contributed by atoms with Crippen LogP contribution in [0, 0.1) is 0 Å². The Morgan fingerprint density at radius 1 is 1.50 bits per heavy atom. The molecule has 4 nitrogen and oxygen atoms in total. The minimum Gasteiger partial charge on any atom is -0.466 e. The van der Waals surface area contributed by atoms with Crippen molar-refractivity contribution in [2.75, 3.05) is 13.2 Å². The Labute approximate surface area is 119 Å². The number of carbonyl (C=O) groups excluding carboxylic acids is 2. The summed E-state index contributed by atoms with van der Waals surface area (Å²) in [6, 6.07) is 3.71. The largest absolute Gasteiger partial charge is 0.466 e. The van der Waals surface area contributed by atoms with Crippen molar-refractivity contribution in [3.63, 3.8) is 0 Å². The molecule has 0 fully saturated rings. The summed E-state index contributed by atoms with van der Waals surface area (Å²) in [7, 11) is 0. The van der Waals surface area contributed by atoms with E-state index in [4.69, 9.17) is 4.74 Å². The van der Waals surface area contributed by atoms with Crippen LogP contribution in [-0.2, 0) is 9.53 Å². The van der Waals surface area contributed by atoms with Gasteiger partial charge in [-0.1, -0.05) is 15.9 Å². The van der Waals surface area contributed by atoms with Crippen LogP contribution in [0.15, 0.2) is 12.1 Å². The summed E-state index contributed by atoms with van der Waals surface area (Å²) in [6.07, 6.45) is 0.201. The highest BCUT2D eigenvalue weighted by Crippen LogP contribution is 2.28. The molecule has 0 aliphatic rings. The highest BCUT2D eigenvalue weighted by molar-refractivity contribution is 9.09. The Balaban J connectivity index is 2.38. The van der Waals surface area contributed by atoms with E-state index in [1.807, 2.05) is 13.0 Å². The summed E-state index contributed by atoms with van der Waals surface area (Å²) < 4.78 is 4.77. The van der Waals surface area contributed by atoms with Crippen molar-refractivity contribution in [2.45, 2.75) is 25.1 Å². The molecule has 1 atom stereocenters. The molecule has 0 saturated heterocycles. The van der Waals surface area contributed by atoms with Gasteiger partial charge in [0.2, 0.25) is 0 Å². The van der Waals surface area contributed by atoms with Gasteiger partial charge in [0.05, 0.1) is 17.9 Å². The quantitative estimate of drug-likeness (QED) is 0.643. The molecule has 0 aromatic carbocycles. The van der Waals surface area contributed by atoms with Crippen molar-refractivity contribution in [1.82, 2.24) is 5.32 Å². The second kappa shape index (κ2) is 7.53. The number of hydrogen-bond acceptors (Lipinski definition) is 4. The molecule has 0 saturated carbocycles. The summed E-state index contributed by atoms with van der Waals surface area (Å²) in [5.74, 6) is -0.442. The molecule has 0 spiro atoms. The second-order valence-corrected chi connectivity index (χ2v) is 6.12. The molecule has 100 valence electrons. The van der Waals surface area contributed by atoms with Crippen molar-refractivity contribution < 1.29 is 14.3 Å². The molecule has 6 heteroatoms. The van der Waals surface area contributed by atoms with Crippen LogP contribution in [0.25, 0.3) is 0 Å². The number of ether oxygens (including phenoxy) is 1. The van der Waals surface area contributed by atoms with E-state index < -0.39 is 0 Å². The molecule has 0 bridgehead atoms. The van der Waals surface area contributed by atoms with Crippen LogP contribution in [0.2, 0.25) is 0 Å². The van der Waals surface area contributed by atoms with Gasteiger partial charge in [0, 0.05) is 16.2 Å². The van der Waals surface area contributed by atoms with Crippen LogP contribution in [0.5, 0.6) is 0 Å². The second-order valence-electron chi connectivity index (χ2n) is 3.63. The molecular weight excluding hydrogens is 318 g/mol. The van der Waals surface area contributed by atoms with Crippen LogP contribution in [0.3, 0.4) is 0 Å². The van der Waals surface area contributed by atoms with E-state index in [1.54, 1.807) is 13.0 Å². The molecule has 0 aliphatic heterocycles. The maximum atomic E-state index is 11.8. The number of amides is 1. The molecule has 1 heterocycles. The molecule has 1 aromatic heterocycles. The zero-order valence-corrected chi connectivity index (χ0v) is 12.8. The van der Waals surface area contributed by atoms with Gasteiger partial charge in [0.15, 0.2) is 0 Å². The van der Waals surface area contributed by atoms with Gasteiger partial charge in [-0.2, -0.15) is 0 Å². The Morgan fingerprint density at radius 2 is 2.22 bits per heavy atom. The van der Waals surface area contributed by atoms with Gasteiger partial charge in [-0.15, -0.1) is 11.3 Å². The molecular formula is C12H16BrNO3S. The van der Waals surface area contributed by atoms with Gasteiger partial charge in [0.1, 0.15) is 0 Å². The van der Waals surface area contributed by atoms with E-state index in [2.05, 4.69) is 21.2 Å². The number of esters is 1. The fourth-order valence-corrected chi connectivity index (χ4v) is 2.57. The third-order valence-corrected chi connectivity index (χ3v) is 4.23. The van der Waals surface area contributed by atoms with Gasteiger partial charge < -0.3 is 10.1 Å². The summed E-state index contributed by atoms with van der Waals surface area (Å²) in [5, 5.41) is 2.70. The van der Waals surface area contributed by atoms with Gasteiger partial charge in [0.25, 0.3) is 5.91 Å². The van der Waals surface area contributed by atoms with E-state index in [-0.39, 0.29) is 23.1 Å². The number of halogens is 1. The zero-order chi connectivity index (χ0) is 13.5. The zero-order valence-electron chi connectivity index (χ0n) is 10.4. The van der Waals surface area contributed by atoms with Crippen LogP contribution in [-0.4, -0.2) is 25.0 Å². The minimum atomic E-state index is -0.293. The van der Waals surface area contributed by atoms with Gasteiger partial charge in [-0.25, -0.2) is 0 Å². The van der Waals surface area contributed by atoms with Crippen molar-refractivity contribution >= 4 is 39.1 Å². The first kappa shape index (κ1) is 15.2. The molecule has 1 N–H and O–H groups in total. The third kappa shape index (κ3) is 4.78. The molecule has 0 aliphatic carbocycles. The first-order valence-electron chi connectivity index (χ1n) is 5.72. The highest BCUT2D eigenvalue weighted by atomic mass is 79.9. The van der Waals surface area contributed by atoms with E-state index >= 15 is 0 Å². The predicted molar refractivity (Wildman–Crippen MR) is 75.2 cm³/mol. The molecule has 1 aromatic rings. The van der Waals surface area contributed by atoms with Gasteiger partial charge in [-0.05, 0) is 26.0 Å². The lowest BCUT2D eigenvalue weighted by Crippen LogP contribution is -2.25. The number of hydrogen-bond donors (Lipinski definition) is 1. The summed E-state index contributed by atoms with van der Waals surface area (Å²) in [6.45, 7) is 4.43. The maximum Gasteiger partial charge on any atom is 0.307 e. The van der Waals surface area contributed by atoms with Crippen LogP contribution in [0.1, 0.15) is 39.6 Å². The standard InChI is InChI=1S/C12H16BrNO3S/c1-3-17-11(15)6-7-14-12(16)10-5-4-9(18-10)8(2)13/h4-5,8H,3,6-7H2,1-2H3,(H,14,16). The Bertz CT molecular complexity index is 417. The SMILES string of the molecule is CCOC(=O)CCNC(=O)c1ccc(C(C)Br)s1. The summed E-state index contributed by atoms with van der Waals surface area (Å²) >= 11 is 4.89. The first-order valence-corrected chi connectivity index (χ1v) is 7.45. The molecule has 1 amide bonds. The van der Waals surface area contributed by atoms with Crippen molar-refractivity contribution in [2.24, 2.45) is 0 Å². The summed E-state index contributed by atoms with van der Waals surface area (Å²) in [4.78, 5) is 24.8. The Kier molecular flexibility index (Phi) is 6.35. The van der Waals surface area contributed by atoms with Crippen molar-refractivity contribution in [1.29, 1.82) is 0 Å². The number of nitrogens with one attached hydrogen (secondary N) is 1. The number of carbonyl (C=O) groups is 2. The van der Waals surface area contributed by atoms with Gasteiger partial charge >= 0.3 is 5.97 Å². The molecule has 18 heavy (non-hydrogen) atoms. The Morgan fingerprint density at radius 3 is 2.78 bits per heavy atom. The normalized spacial score (nSPS) is 11.9. The highest BCUT2D eigenvalue weighted by Gasteiger charge is 2.11. The summed E-state index contributed by atoms with van der Waals surface area (Å²) in [5.41, 5.74) is 0. The first-order chi connectivity index (χ1) is 8.54. The van der Waals surface area contributed by atoms with Crippen molar-refractivity contribution in [3.05, 3.63) is 21.9 Å². The number of rotatable bonds is 6. The fourth-order valence-electron chi connectivity index (χ4n) is 1.29. The van der Waals surface area contributed by atoms with E-state index in [0.29, 0.717) is 18.0 Å². The molecule has 0 radical (unpaired) electrons. The molecule has 1 unspecified atom stereocenters.